The van der Waals surface area contributed by atoms with E-state index < -0.39 is 40.9 Å². The molecule has 1 unspecified atom stereocenters. The van der Waals surface area contributed by atoms with Crippen molar-refractivity contribution in [1.82, 2.24) is 5.32 Å². The van der Waals surface area contributed by atoms with Gasteiger partial charge in [-0.05, 0) is 31.2 Å². The van der Waals surface area contributed by atoms with E-state index in [2.05, 4.69) is 5.32 Å². The first kappa shape index (κ1) is 17.4. The third-order valence-corrected chi connectivity index (χ3v) is 3.23. The van der Waals surface area contributed by atoms with Crippen LogP contribution >= 0.6 is 11.8 Å². The van der Waals surface area contributed by atoms with Crippen LogP contribution in [0.15, 0.2) is 18.2 Å². The largest absolute Gasteiger partial charge is 0.479 e. The Bertz CT molecular complexity index is 526. The minimum absolute atomic E-state index is 0.324. The molecule has 21 heavy (non-hydrogen) atoms. The average molecular weight is 321 g/mol. The summed E-state index contributed by atoms with van der Waals surface area (Å²) in [6, 6.07) is 3.60. The minimum atomic E-state index is -4.53. The molecule has 1 rings (SSSR count). The van der Waals surface area contributed by atoms with E-state index in [-0.39, 0.29) is 0 Å². The number of thioether (sulfide) groups is 1. The van der Waals surface area contributed by atoms with Crippen LogP contribution in [0.4, 0.5) is 13.2 Å². The molecule has 1 aromatic carbocycles. The smallest absolute Gasteiger partial charge is 0.442 e. The van der Waals surface area contributed by atoms with E-state index in [4.69, 9.17) is 5.11 Å². The van der Waals surface area contributed by atoms with Crippen molar-refractivity contribution in [2.75, 3.05) is 5.75 Å². The second-order valence-electron chi connectivity index (χ2n) is 4.49. The maximum absolute atomic E-state index is 12.0. The number of rotatable bonds is 5. The Hall–Kier alpha value is -1.70. The van der Waals surface area contributed by atoms with Crippen LogP contribution in [0.1, 0.15) is 22.7 Å². The van der Waals surface area contributed by atoms with Crippen LogP contribution in [0, 0.1) is 13.8 Å². The van der Waals surface area contributed by atoms with Crippen molar-refractivity contribution in [1.29, 1.82) is 0 Å². The number of benzene rings is 1. The number of carbonyl (C=O) groups excluding carboxylic acids is 1. The lowest BCUT2D eigenvalue weighted by Crippen LogP contribution is -2.35. The van der Waals surface area contributed by atoms with Crippen molar-refractivity contribution in [2.24, 2.45) is 0 Å². The summed E-state index contributed by atoms with van der Waals surface area (Å²) in [6.45, 7) is 3.52. The van der Waals surface area contributed by atoms with Gasteiger partial charge in [0.1, 0.15) is 0 Å². The quantitative estimate of drug-likeness (QED) is 0.875. The normalized spacial score (nSPS) is 12.8. The molecule has 0 aromatic heterocycles. The molecule has 0 aliphatic rings. The summed E-state index contributed by atoms with van der Waals surface area (Å²) in [4.78, 5) is 22.7. The lowest BCUT2D eigenvalue weighted by Gasteiger charge is -2.16. The van der Waals surface area contributed by atoms with E-state index in [9.17, 15) is 22.8 Å². The number of carboxylic acid groups (broad SMARTS) is 1. The van der Waals surface area contributed by atoms with Crippen molar-refractivity contribution in [2.45, 2.75) is 25.4 Å². The summed E-state index contributed by atoms with van der Waals surface area (Å²) in [5.41, 5.74) is -2.61. The third-order valence-electron chi connectivity index (χ3n) is 2.50. The summed E-state index contributed by atoms with van der Waals surface area (Å²) in [6.07, 6.45) is 0. The Balaban J connectivity index is 2.83. The number of hydrogen-bond acceptors (Lipinski definition) is 3. The fourth-order valence-electron chi connectivity index (χ4n) is 1.81. The van der Waals surface area contributed by atoms with Crippen molar-refractivity contribution in [3.8, 4) is 0 Å². The molecule has 4 nitrogen and oxygen atoms in total. The Labute approximate surface area is 123 Å². The summed E-state index contributed by atoms with van der Waals surface area (Å²) >= 11 is -0.508. The average Bonchev–Trinajstić information content (AvgIpc) is 2.30. The standard InChI is InChI=1S/C13H14F3NO3S/c1-7-3-8(2)5-9(4-7)11(12(19)20)17-10(18)6-21-13(14,15)16/h3-5,11H,6H2,1-2H3,(H,17,18)(H,19,20). The Kier molecular flexibility index (Phi) is 5.65. The van der Waals surface area contributed by atoms with Gasteiger partial charge in [0.05, 0.1) is 5.75 Å². The number of carbonyl (C=O) groups is 2. The van der Waals surface area contributed by atoms with Gasteiger partial charge in [0, 0.05) is 0 Å². The molecule has 0 fully saturated rings. The van der Waals surface area contributed by atoms with Crippen LogP contribution < -0.4 is 5.32 Å². The molecule has 8 heteroatoms. The van der Waals surface area contributed by atoms with Crippen LogP contribution in [-0.2, 0) is 9.59 Å². The van der Waals surface area contributed by atoms with Gasteiger partial charge in [-0.15, -0.1) is 0 Å². The van der Waals surface area contributed by atoms with Crippen LogP contribution in [-0.4, -0.2) is 28.2 Å². The zero-order chi connectivity index (χ0) is 16.2. The highest BCUT2D eigenvalue weighted by Gasteiger charge is 2.30. The zero-order valence-electron chi connectivity index (χ0n) is 11.3. The van der Waals surface area contributed by atoms with Gasteiger partial charge >= 0.3 is 11.5 Å². The molecule has 116 valence electrons. The molecule has 0 saturated carbocycles. The van der Waals surface area contributed by atoms with E-state index >= 15 is 0 Å². The summed E-state index contributed by atoms with van der Waals surface area (Å²) in [5, 5.41) is 11.2. The maximum atomic E-state index is 12.0. The van der Waals surface area contributed by atoms with Crippen molar-refractivity contribution in [3.05, 3.63) is 34.9 Å². The van der Waals surface area contributed by atoms with Gasteiger partial charge < -0.3 is 10.4 Å². The first-order chi connectivity index (χ1) is 9.58. The molecular formula is C13H14F3NO3S. The molecule has 1 amide bonds. The SMILES string of the molecule is Cc1cc(C)cc(C(NC(=O)CSC(F)(F)F)C(=O)O)c1. The van der Waals surface area contributed by atoms with Crippen molar-refractivity contribution >= 4 is 23.6 Å². The number of carboxylic acids is 1. The molecule has 0 spiro atoms. The number of nitrogens with one attached hydrogen (secondary N) is 1. The first-order valence-corrected chi connectivity index (χ1v) is 6.88. The number of amides is 1. The van der Waals surface area contributed by atoms with Gasteiger partial charge in [-0.1, -0.05) is 29.3 Å². The Morgan fingerprint density at radius 1 is 1.24 bits per heavy atom. The molecule has 1 atom stereocenters. The lowest BCUT2D eigenvalue weighted by molar-refractivity contribution is -0.141. The van der Waals surface area contributed by atoms with Crippen LogP contribution in [0.25, 0.3) is 0 Å². The molecule has 0 heterocycles. The fraction of sp³-hybridized carbons (Fsp3) is 0.385. The second-order valence-corrected chi connectivity index (χ2v) is 5.53. The Morgan fingerprint density at radius 3 is 2.19 bits per heavy atom. The van der Waals surface area contributed by atoms with E-state index in [1.807, 2.05) is 6.07 Å². The molecule has 2 N–H and O–H groups in total. The van der Waals surface area contributed by atoms with Crippen molar-refractivity contribution in [3.63, 3.8) is 0 Å². The number of aliphatic carboxylic acids is 1. The predicted octanol–water partition coefficient (Wildman–Crippen LogP) is 2.80. The van der Waals surface area contributed by atoms with Crippen molar-refractivity contribution < 1.29 is 27.9 Å². The molecule has 0 bridgehead atoms. The van der Waals surface area contributed by atoms with Crippen LogP contribution in [0.3, 0.4) is 0 Å². The fourth-order valence-corrected chi connectivity index (χ4v) is 2.19. The predicted molar refractivity (Wildman–Crippen MR) is 72.9 cm³/mol. The monoisotopic (exact) mass is 321 g/mol. The van der Waals surface area contributed by atoms with Gasteiger partial charge in [-0.2, -0.15) is 13.2 Å². The minimum Gasteiger partial charge on any atom is -0.479 e. The van der Waals surface area contributed by atoms with E-state index in [1.54, 1.807) is 26.0 Å². The van der Waals surface area contributed by atoms with Gasteiger partial charge in [-0.3, -0.25) is 4.79 Å². The number of hydrogen-bond donors (Lipinski definition) is 2. The van der Waals surface area contributed by atoms with Gasteiger partial charge in [0.25, 0.3) is 0 Å². The molecular weight excluding hydrogens is 307 g/mol. The van der Waals surface area contributed by atoms with Crippen LogP contribution in [0.2, 0.25) is 0 Å². The van der Waals surface area contributed by atoms with Gasteiger partial charge in [0.15, 0.2) is 6.04 Å². The summed E-state index contributed by atoms with van der Waals surface area (Å²) in [5.74, 6) is -3.19. The molecule has 0 aliphatic heterocycles. The molecule has 0 radical (unpaired) electrons. The number of halogens is 3. The molecule has 0 saturated heterocycles. The van der Waals surface area contributed by atoms with E-state index in [0.29, 0.717) is 5.56 Å². The topological polar surface area (TPSA) is 66.4 Å². The van der Waals surface area contributed by atoms with Crippen LogP contribution in [0.5, 0.6) is 0 Å². The van der Waals surface area contributed by atoms with Gasteiger partial charge in [0.2, 0.25) is 5.91 Å². The Morgan fingerprint density at radius 2 is 1.76 bits per heavy atom. The summed E-state index contributed by atoms with van der Waals surface area (Å²) < 4.78 is 36.0. The highest BCUT2D eigenvalue weighted by molar-refractivity contribution is 8.00. The zero-order valence-corrected chi connectivity index (χ0v) is 12.1. The highest BCUT2D eigenvalue weighted by Crippen LogP contribution is 2.29. The maximum Gasteiger partial charge on any atom is 0.442 e. The van der Waals surface area contributed by atoms with Gasteiger partial charge in [-0.25, -0.2) is 4.79 Å². The number of alkyl halides is 3. The summed E-state index contributed by atoms with van der Waals surface area (Å²) in [7, 11) is 0. The molecule has 0 aliphatic carbocycles. The second kappa shape index (κ2) is 6.84. The first-order valence-electron chi connectivity index (χ1n) is 5.89. The lowest BCUT2D eigenvalue weighted by atomic mass is 10.0. The number of aryl methyl sites for hydroxylation is 2. The van der Waals surface area contributed by atoms with E-state index in [1.165, 1.54) is 0 Å². The molecule has 1 aromatic rings. The third kappa shape index (κ3) is 6.07. The van der Waals surface area contributed by atoms with E-state index in [0.717, 1.165) is 11.1 Å². The highest BCUT2D eigenvalue weighted by atomic mass is 32.2.